The Morgan fingerprint density at radius 1 is 1.09 bits per heavy atom. The number of fused-ring (bicyclic) bond motifs is 1. The standard InChI is InChI=1S/C26H28ClN3O3/c1-14-21(25(33)30(28-14)16-8-6-5-7-9-16)22-23(31)17(24(22)32)13-20-26(2,3)18-12-15(27)10-11-19(18)29(20)4/h5-13,17,22-24,28,31-32H,1-4H3. The molecule has 3 N–H and O–H groups in total. The quantitative estimate of drug-likeness (QED) is 0.548. The molecule has 5 rings (SSSR count). The first-order valence-corrected chi connectivity index (χ1v) is 11.5. The van der Waals surface area contributed by atoms with Gasteiger partial charge in [0.15, 0.2) is 0 Å². The number of halogens is 1. The van der Waals surface area contributed by atoms with Crippen LogP contribution in [0.3, 0.4) is 0 Å². The van der Waals surface area contributed by atoms with Crippen LogP contribution < -0.4 is 10.5 Å². The van der Waals surface area contributed by atoms with Crippen molar-refractivity contribution in [2.45, 2.75) is 44.3 Å². The van der Waals surface area contributed by atoms with Crippen LogP contribution in [0.2, 0.25) is 5.02 Å². The highest BCUT2D eigenvalue weighted by Crippen LogP contribution is 2.50. The van der Waals surface area contributed by atoms with E-state index in [-0.39, 0.29) is 11.0 Å². The monoisotopic (exact) mass is 465 g/mol. The van der Waals surface area contributed by atoms with Crippen LogP contribution >= 0.6 is 11.6 Å². The summed E-state index contributed by atoms with van der Waals surface area (Å²) in [6.45, 7) is 6.03. The molecule has 1 saturated carbocycles. The molecule has 1 aromatic heterocycles. The van der Waals surface area contributed by atoms with E-state index < -0.39 is 24.0 Å². The maximum Gasteiger partial charge on any atom is 0.275 e. The van der Waals surface area contributed by atoms with Gasteiger partial charge in [-0.15, -0.1) is 0 Å². The lowest BCUT2D eigenvalue weighted by Gasteiger charge is -2.45. The van der Waals surface area contributed by atoms with Gasteiger partial charge in [-0.2, -0.15) is 0 Å². The molecular formula is C26H28ClN3O3. The Labute approximate surface area is 197 Å². The number of aliphatic hydroxyl groups excluding tert-OH is 2. The van der Waals surface area contributed by atoms with Crippen LogP contribution in [0.25, 0.3) is 5.69 Å². The summed E-state index contributed by atoms with van der Waals surface area (Å²) in [6, 6.07) is 15.1. The molecule has 2 atom stereocenters. The van der Waals surface area contributed by atoms with Crippen molar-refractivity contribution < 1.29 is 10.2 Å². The zero-order chi connectivity index (χ0) is 23.7. The van der Waals surface area contributed by atoms with Crippen molar-refractivity contribution in [2.75, 3.05) is 11.9 Å². The predicted molar refractivity (Wildman–Crippen MR) is 130 cm³/mol. The highest BCUT2D eigenvalue weighted by molar-refractivity contribution is 6.30. The minimum absolute atomic E-state index is 0.242. The maximum absolute atomic E-state index is 13.2. The van der Waals surface area contributed by atoms with Crippen molar-refractivity contribution in [3.63, 3.8) is 0 Å². The van der Waals surface area contributed by atoms with Gasteiger partial charge in [0.05, 0.1) is 17.9 Å². The van der Waals surface area contributed by atoms with Gasteiger partial charge in [0.25, 0.3) is 5.56 Å². The number of anilines is 1. The van der Waals surface area contributed by atoms with Gasteiger partial charge in [0, 0.05) is 52.0 Å². The molecule has 2 aromatic carbocycles. The topological polar surface area (TPSA) is 81.5 Å². The minimum atomic E-state index is -0.865. The van der Waals surface area contributed by atoms with Crippen molar-refractivity contribution in [1.82, 2.24) is 9.78 Å². The van der Waals surface area contributed by atoms with Gasteiger partial charge >= 0.3 is 0 Å². The molecule has 0 amide bonds. The van der Waals surface area contributed by atoms with E-state index in [2.05, 4.69) is 23.8 Å². The number of para-hydroxylation sites is 1. The number of H-pyrrole nitrogens is 1. The van der Waals surface area contributed by atoms with E-state index in [1.807, 2.05) is 61.7 Å². The molecule has 0 radical (unpaired) electrons. The fourth-order valence-electron chi connectivity index (χ4n) is 5.48. The summed E-state index contributed by atoms with van der Waals surface area (Å²) in [4.78, 5) is 15.3. The van der Waals surface area contributed by atoms with E-state index in [9.17, 15) is 15.0 Å². The van der Waals surface area contributed by atoms with Crippen LogP contribution in [-0.2, 0) is 5.41 Å². The molecule has 1 fully saturated rings. The number of allylic oxidation sites excluding steroid dienone is 1. The summed E-state index contributed by atoms with van der Waals surface area (Å²) in [5, 5.41) is 26.0. The maximum atomic E-state index is 13.2. The van der Waals surface area contributed by atoms with Crippen molar-refractivity contribution in [3.8, 4) is 5.69 Å². The second kappa shape index (κ2) is 7.62. The van der Waals surface area contributed by atoms with Crippen molar-refractivity contribution >= 4 is 17.3 Å². The zero-order valence-corrected chi connectivity index (χ0v) is 19.8. The van der Waals surface area contributed by atoms with E-state index in [0.29, 0.717) is 22.0 Å². The smallest absolute Gasteiger partial charge is 0.275 e. The van der Waals surface area contributed by atoms with Gasteiger partial charge in [-0.1, -0.05) is 49.7 Å². The Hall–Kier alpha value is -2.80. The number of aromatic amines is 1. The molecule has 172 valence electrons. The fourth-order valence-corrected chi connectivity index (χ4v) is 5.65. The number of benzene rings is 2. The summed E-state index contributed by atoms with van der Waals surface area (Å²) in [6.07, 6.45) is 0.225. The van der Waals surface area contributed by atoms with Crippen LogP contribution in [0, 0.1) is 12.8 Å². The Bertz CT molecular complexity index is 1300. The molecule has 1 aliphatic heterocycles. The molecule has 6 nitrogen and oxygen atoms in total. The molecule has 2 heterocycles. The average Bonchev–Trinajstić information content (AvgIpc) is 3.17. The molecule has 1 aliphatic carbocycles. The zero-order valence-electron chi connectivity index (χ0n) is 19.1. The first-order valence-electron chi connectivity index (χ1n) is 11.1. The Balaban J connectivity index is 1.47. The molecule has 0 saturated heterocycles. The third-order valence-electron chi connectivity index (χ3n) is 7.33. The summed E-state index contributed by atoms with van der Waals surface area (Å²) in [5.41, 5.74) is 4.38. The van der Waals surface area contributed by atoms with Gasteiger partial charge in [0.1, 0.15) is 0 Å². The highest BCUT2D eigenvalue weighted by atomic mass is 35.5. The highest BCUT2D eigenvalue weighted by Gasteiger charge is 2.52. The lowest BCUT2D eigenvalue weighted by atomic mass is 9.65. The number of nitrogens with one attached hydrogen (secondary N) is 1. The predicted octanol–water partition coefficient (Wildman–Crippen LogP) is 3.87. The molecule has 2 unspecified atom stereocenters. The van der Waals surface area contributed by atoms with Crippen LogP contribution in [0.1, 0.15) is 36.6 Å². The second-order valence-electron chi connectivity index (χ2n) is 9.61. The van der Waals surface area contributed by atoms with E-state index in [1.165, 1.54) is 4.68 Å². The number of likely N-dealkylation sites (N-methyl/N-ethyl adjacent to an activating group) is 1. The lowest BCUT2D eigenvalue weighted by Crippen LogP contribution is -2.54. The van der Waals surface area contributed by atoms with Crippen LogP contribution in [0.4, 0.5) is 5.69 Å². The van der Waals surface area contributed by atoms with Crippen LogP contribution in [0.5, 0.6) is 0 Å². The molecule has 3 aromatic rings. The van der Waals surface area contributed by atoms with E-state index in [4.69, 9.17) is 11.6 Å². The van der Waals surface area contributed by atoms with Gasteiger partial charge < -0.3 is 15.1 Å². The van der Waals surface area contributed by atoms with Crippen molar-refractivity contribution in [3.05, 3.63) is 92.5 Å². The van der Waals surface area contributed by atoms with Gasteiger partial charge in [-0.05, 0) is 42.8 Å². The minimum Gasteiger partial charge on any atom is -0.392 e. The average molecular weight is 466 g/mol. The van der Waals surface area contributed by atoms with Crippen molar-refractivity contribution in [1.29, 1.82) is 0 Å². The molecule has 2 aliphatic rings. The number of aliphatic hydroxyl groups is 2. The van der Waals surface area contributed by atoms with E-state index in [1.54, 1.807) is 6.92 Å². The number of nitrogens with zero attached hydrogens (tertiary/aromatic N) is 2. The number of hydrogen-bond acceptors (Lipinski definition) is 4. The Morgan fingerprint density at radius 2 is 1.76 bits per heavy atom. The molecule has 0 spiro atoms. The van der Waals surface area contributed by atoms with Crippen LogP contribution in [-0.4, -0.2) is 39.2 Å². The van der Waals surface area contributed by atoms with Gasteiger partial charge in [-0.25, -0.2) is 4.68 Å². The summed E-state index contributed by atoms with van der Waals surface area (Å²) >= 11 is 6.25. The lowest BCUT2D eigenvalue weighted by molar-refractivity contribution is -0.0952. The first-order chi connectivity index (χ1) is 15.6. The third-order valence-corrected chi connectivity index (χ3v) is 7.57. The summed E-state index contributed by atoms with van der Waals surface area (Å²) < 4.78 is 1.46. The number of aryl methyl sites for hydroxylation is 1. The number of rotatable bonds is 3. The first kappa shape index (κ1) is 22.0. The summed E-state index contributed by atoms with van der Waals surface area (Å²) in [5.74, 6) is -1.12. The molecule has 7 heteroatoms. The Morgan fingerprint density at radius 3 is 2.42 bits per heavy atom. The SMILES string of the molecule is Cc1[nH]n(-c2ccccc2)c(=O)c1C1C(O)C(C=C2N(C)c3ccc(Cl)cc3C2(C)C)C1O. The number of hydrogen-bond donors (Lipinski definition) is 3. The Kier molecular flexibility index (Phi) is 5.08. The third kappa shape index (κ3) is 3.20. The van der Waals surface area contributed by atoms with Gasteiger partial charge in [0.2, 0.25) is 0 Å². The number of aromatic nitrogens is 2. The molecular weight excluding hydrogens is 438 g/mol. The van der Waals surface area contributed by atoms with E-state index in [0.717, 1.165) is 16.9 Å². The van der Waals surface area contributed by atoms with E-state index >= 15 is 0 Å². The van der Waals surface area contributed by atoms with Gasteiger partial charge in [-0.3, -0.25) is 9.89 Å². The largest absolute Gasteiger partial charge is 0.392 e. The normalized spacial score (nSPS) is 27.0. The molecule has 33 heavy (non-hydrogen) atoms. The summed E-state index contributed by atoms with van der Waals surface area (Å²) in [7, 11) is 1.98. The fraction of sp³-hybridized carbons (Fsp3) is 0.346. The second-order valence-corrected chi connectivity index (χ2v) is 10.0. The van der Waals surface area contributed by atoms with Crippen molar-refractivity contribution in [2.24, 2.45) is 5.92 Å². The van der Waals surface area contributed by atoms with Crippen LogP contribution in [0.15, 0.2) is 65.1 Å². The molecule has 0 bridgehead atoms.